The maximum Gasteiger partial charge on any atom is 0.239 e. The minimum absolute atomic E-state index is 0.0135. The van der Waals surface area contributed by atoms with Crippen molar-refractivity contribution in [3.05, 3.63) is 41.7 Å². The van der Waals surface area contributed by atoms with Gasteiger partial charge in [0.1, 0.15) is 11.6 Å². The van der Waals surface area contributed by atoms with Crippen LogP contribution in [-0.2, 0) is 6.54 Å². The second-order valence-electron chi connectivity index (χ2n) is 6.69. The van der Waals surface area contributed by atoms with E-state index in [9.17, 15) is 0 Å². The van der Waals surface area contributed by atoms with Crippen molar-refractivity contribution < 1.29 is 8.94 Å². The fourth-order valence-corrected chi connectivity index (χ4v) is 3.54. The summed E-state index contributed by atoms with van der Waals surface area (Å²) in [5, 5.41) is 13.7. The normalized spacial score (nSPS) is 15.8. The highest BCUT2D eigenvalue weighted by Gasteiger charge is 2.30. The number of furan rings is 1. The first-order valence-electron chi connectivity index (χ1n) is 8.57. The van der Waals surface area contributed by atoms with E-state index in [1.54, 1.807) is 18.0 Å². The Hall–Kier alpha value is -2.09. The maximum absolute atomic E-state index is 5.50. The van der Waals surface area contributed by atoms with E-state index >= 15 is 0 Å². The number of hydrogen-bond acceptors (Lipinski definition) is 7. The average Bonchev–Trinajstić information content (AvgIpc) is 3.02. The zero-order valence-electron chi connectivity index (χ0n) is 14.5. The van der Waals surface area contributed by atoms with Gasteiger partial charge in [0.2, 0.25) is 5.89 Å². The lowest BCUT2D eigenvalue weighted by Crippen LogP contribution is -2.08. The largest absolute Gasteiger partial charge is 0.467 e. The van der Waals surface area contributed by atoms with Crippen LogP contribution in [0.3, 0.4) is 0 Å². The van der Waals surface area contributed by atoms with E-state index in [4.69, 9.17) is 8.94 Å². The van der Waals surface area contributed by atoms with Crippen LogP contribution in [0.2, 0.25) is 0 Å². The molecule has 4 rings (SSSR count). The predicted molar refractivity (Wildman–Crippen MR) is 92.5 cm³/mol. The van der Waals surface area contributed by atoms with Gasteiger partial charge in [0.25, 0.3) is 0 Å². The number of aromatic nitrogens is 5. The monoisotopic (exact) mass is 359 g/mol. The molecule has 3 aromatic heterocycles. The van der Waals surface area contributed by atoms with Gasteiger partial charge in [-0.2, -0.15) is 4.98 Å². The molecule has 0 aromatic carbocycles. The van der Waals surface area contributed by atoms with Crippen LogP contribution >= 0.6 is 11.8 Å². The second kappa shape index (κ2) is 6.67. The third kappa shape index (κ3) is 3.49. The standard InChI is InChI=1S/C17H21N5O2S/c1-10(2)15-19-20-17(22(15)9-13-5-4-8-23-13)25-11(3)16-18-14(21-24-16)12-6-7-12/h4-5,8,10-12H,6-7,9H2,1-3H3/t11-/m0/s1. The van der Waals surface area contributed by atoms with E-state index in [0.29, 0.717) is 18.4 Å². The van der Waals surface area contributed by atoms with Crippen molar-refractivity contribution >= 4 is 11.8 Å². The second-order valence-corrected chi connectivity index (χ2v) is 7.99. The van der Waals surface area contributed by atoms with Crippen LogP contribution in [0.25, 0.3) is 0 Å². The molecule has 1 aliphatic carbocycles. The molecule has 0 radical (unpaired) electrons. The zero-order chi connectivity index (χ0) is 17.4. The summed E-state index contributed by atoms with van der Waals surface area (Å²) in [5.74, 6) is 4.06. The van der Waals surface area contributed by atoms with Gasteiger partial charge in [0.05, 0.1) is 18.1 Å². The molecule has 8 heteroatoms. The molecule has 0 aliphatic heterocycles. The molecule has 0 N–H and O–H groups in total. The van der Waals surface area contributed by atoms with Crippen molar-refractivity contribution in [1.29, 1.82) is 0 Å². The van der Waals surface area contributed by atoms with Crippen LogP contribution in [0.5, 0.6) is 0 Å². The van der Waals surface area contributed by atoms with Gasteiger partial charge in [-0.1, -0.05) is 30.8 Å². The summed E-state index contributed by atoms with van der Waals surface area (Å²) in [6.07, 6.45) is 4.01. The van der Waals surface area contributed by atoms with Crippen molar-refractivity contribution in [2.24, 2.45) is 0 Å². The van der Waals surface area contributed by atoms with E-state index < -0.39 is 0 Å². The third-order valence-corrected chi connectivity index (χ3v) is 5.25. The summed E-state index contributed by atoms with van der Waals surface area (Å²) in [4.78, 5) is 4.54. The van der Waals surface area contributed by atoms with Crippen molar-refractivity contribution in [1.82, 2.24) is 24.9 Å². The fraction of sp³-hybridized carbons (Fsp3) is 0.529. The molecule has 3 aromatic rings. The SMILES string of the molecule is CC(C)c1nnc(S[C@@H](C)c2nc(C3CC3)no2)n1Cc1ccco1. The summed E-state index contributed by atoms with van der Waals surface area (Å²) in [6.45, 7) is 6.89. The van der Waals surface area contributed by atoms with Gasteiger partial charge in [0.15, 0.2) is 11.0 Å². The molecular formula is C17H21N5O2S. The van der Waals surface area contributed by atoms with Crippen LogP contribution in [0.1, 0.15) is 74.0 Å². The molecule has 25 heavy (non-hydrogen) atoms. The molecule has 3 heterocycles. The van der Waals surface area contributed by atoms with Gasteiger partial charge in [-0.25, -0.2) is 0 Å². The van der Waals surface area contributed by atoms with E-state index in [1.807, 2.05) is 12.1 Å². The van der Waals surface area contributed by atoms with Gasteiger partial charge >= 0.3 is 0 Å². The van der Waals surface area contributed by atoms with Crippen LogP contribution < -0.4 is 0 Å². The molecule has 1 fully saturated rings. The zero-order valence-corrected chi connectivity index (χ0v) is 15.4. The smallest absolute Gasteiger partial charge is 0.239 e. The van der Waals surface area contributed by atoms with Crippen molar-refractivity contribution in [2.75, 3.05) is 0 Å². The first-order chi connectivity index (χ1) is 12.1. The molecule has 0 spiro atoms. The quantitative estimate of drug-likeness (QED) is 0.586. The van der Waals surface area contributed by atoms with E-state index in [2.05, 4.69) is 45.7 Å². The van der Waals surface area contributed by atoms with Gasteiger partial charge in [-0.3, -0.25) is 4.57 Å². The average molecular weight is 359 g/mol. The van der Waals surface area contributed by atoms with Crippen LogP contribution in [0.4, 0.5) is 0 Å². The number of nitrogens with zero attached hydrogens (tertiary/aromatic N) is 5. The Morgan fingerprint density at radius 2 is 2.12 bits per heavy atom. The van der Waals surface area contributed by atoms with Crippen molar-refractivity contribution in [2.45, 2.75) is 62.4 Å². The lowest BCUT2D eigenvalue weighted by Gasteiger charge is -2.12. The summed E-state index contributed by atoms with van der Waals surface area (Å²) in [6, 6.07) is 3.85. The molecule has 0 unspecified atom stereocenters. The van der Waals surface area contributed by atoms with E-state index in [0.717, 1.165) is 35.4 Å². The Balaban J connectivity index is 1.56. The van der Waals surface area contributed by atoms with E-state index in [1.165, 1.54) is 0 Å². The topological polar surface area (TPSA) is 82.8 Å². The van der Waals surface area contributed by atoms with Gasteiger partial charge < -0.3 is 8.94 Å². The Kier molecular flexibility index (Phi) is 4.37. The Bertz CT molecular complexity index is 835. The summed E-state index contributed by atoms with van der Waals surface area (Å²) in [5.41, 5.74) is 0. The number of rotatable bonds is 7. The minimum atomic E-state index is 0.0135. The van der Waals surface area contributed by atoms with Gasteiger partial charge in [-0.05, 0) is 31.9 Å². The molecule has 1 aliphatic rings. The number of thioether (sulfide) groups is 1. The highest BCUT2D eigenvalue weighted by atomic mass is 32.2. The Labute approximate surface area is 150 Å². The maximum atomic E-state index is 5.50. The first-order valence-corrected chi connectivity index (χ1v) is 9.45. The van der Waals surface area contributed by atoms with Gasteiger partial charge in [-0.15, -0.1) is 10.2 Å². The summed E-state index contributed by atoms with van der Waals surface area (Å²) >= 11 is 1.58. The molecule has 7 nitrogen and oxygen atoms in total. The van der Waals surface area contributed by atoms with Crippen molar-refractivity contribution in [3.63, 3.8) is 0 Å². The molecule has 0 amide bonds. The molecule has 1 atom stereocenters. The minimum Gasteiger partial charge on any atom is -0.467 e. The third-order valence-electron chi connectivity index (χ3n) is 4.19. The molecule has 0 bridgehead atoms. The van der Waals surface area contributed by atoms with Gasteiger partial charge in [0, 0.05) is 11.8 Å². The Morgan fingerprint density at radius 3 is 2.80 bits per heavy atom. The van der Waals surface area contributed by atoms with Crippen LogP contribution in [-0.4, -0.2) is 24.9 Å². The lowest BCUT2D eigenvalue weighted by molar-refractivity contribution is 0.374. The predicted octanol–water partition coefficient (Wildman–Crippen LogP) is 4.16. The lowest BCUT2D eigenvalue weighted by atomic mass is 10.2. The Morgan fingerprint density at radius 1 is 1.28 bits per heavy atom. The highest BCUT2D eigenvalue weighted by Crippen LogP contribution is 2.40. The van der Waals surface area contributed by atoms with Crippen LogP contribution in [0.15, 0.2) is 32.5 Å². The highest BCUT2D eigenvalue weighted by molar-refractivity contribution is 7.99. The summed E-state index contributed by atoms with van der Waals surface area (Å²) in [7, 11) is 0. The van der Waals surface area contributed by atoms with Crippen LogP contribution in [0, 0.1) is 0 Å². The molecule has 1 saturated carbocycles. The fourth-order valence-electron chi connectivity index (χ4n) is 2.65. The summed E-state index contributed by atoms with van der Waals surface area (Å²) < 4.78 is 13.0. The first kappa shape index (κ1) is 16.4. The van der Waals surface area contributed by atoms with Crippen molar-refractivity contribution in [3.8, 4) is 0 Å². The number of hydrogen-bond donors (Lipinski definition) is 0. The van der Waals surface area contributed by atoms with E-state index in [-0.39, 0.29) is 11.2 Å². The molecule has 0 saturated heterocycles. The molecular weight excluding hydrogens is 338 g/mol. The molecule has 132 valence electrons.